The Morgan fingerprint density at radius 3 is 2.76 bits per heavy atom. The van der Waals surface area contributed by atoms with Gasteiger partial charge >= 0.3 is 17.4 Å². The maximum Gasteiger partial charge on any atom is 0.340 e. The van der Waals surface area contributed by atoms with Crippen LogP contribution < -0.4 is 15.4 Å². The highest BCUT2D eigenvalue weighted by Crippen LogP contribution is 2.30. The van der Waals surface area contributed by atoms with E-state index in [2.05, 4.69) is 25.7 Å². The van der Waals surface area contributed by atoms with Gasteiger partial charge in [-0.3, -0.25) is 19.2 Å². The number of hydrogen-bond acceptors (Lipinski definition) is 11. The number of hydrogen-bond donors (Lipinski definition) is 3. The first-order valence-corrected chi connectivity index (χ1v) is 14.5. The number of likely N-dealkylation sites (tertiary alicyclic amines) is 1. The highest BCUT2D eigenvalue weighted by molar-refractivity contribution is 6.64. The van der Waals surface area contributed by atoms with Crippen molar-refractivity contribution in [1.82, 2.24) is 14.9 Å². The molecule has 16 heteroatoms. The third-order valence-electron chi connectivity index (χ3n) is 7.29. The number of rotatable bonds is 12. The number of carbonyl (C=O) groups is 4. The van der Waals surface area contributed by atoms with Gasteiger partial charge in [0.25, 0.3) is 5.91 Å². The zero-order valence-electron chi connectivity index (χ0n) is 24.6. The molecule has 14 nitrogen and oxygen atoms in total. The lowest BCUT2D eigenvalue weighted by Crippen LogP contribution is -2.54. The van der Waals surface area contributed by atoms with E-state index in [1.165, 1.54) is 36.9 Å². The highest BCUT2D eigenvalue weighted by Gasteiger charge is 2.48. The number of carbonyl (C=O) groups excluding carboxylic acids is 4. The molecule has 2 amide bonds. The van der Waals surface area contributed by atoms with Crippen LogP contribution in [0.15, 0.2) is 65.8 Å². The van der Waals surface area contributed by atoms with E-state index < -0.39 is 46.9 Å². The second-order valence-corrected chi connectivity index (χ2v) is 11.1. The highest BCUT2D eigenvalue weighted by atomic mass is 35.5. The zero-order valence-corrected chi connectivity index (χ0v) is 25.3. The number of allylic oxidation sites excluding steroid dienone is 1. The summed E-state index contributed by atoms with van der Waals surface area (Å²) >= 11 is 5.82. The summed E-state index contributed by atoms with van der Waals surface area (Å²) < 4.78 is 24.0. The molecule has 2 aliphatic heterocycles. The first-order valence-electron chi connectivity index (χ1n) is 14.2. The predicted octanol–water partition coefficient (Wildman–Crippen LogP) is 2.35. The molecule has 1 saturated heterocycles. The molecule has 2 aromatic carbocycles. The van der Waals surface area contributed by atoms with Crippen LogP contribution in [-0.4, -0.2) is 92.9 Å². The van der Waals surface area contributed by atoms with Crippen molar-refractivity contribution in [3.8, 4) is 5.75 Å². The number of nitrogens with one attached hydrogen (secondary N) is 2. The largest absolute Gasteiger partial charge is 0.493 e. The van der Waals surface area contributed by atoms with Crippen molar-refractivity contribution in [1.29, 1.82) is 0 Å². The number of aliphatic hydroxyl groups is 1. The minimum Gasteiger partial charge on any atom is -0.493 e. The third-order valence-corrected chi connectivity index (χ3v) is 7.47. The molecule has 0 aliphatic carbocycles. The van der Waals surface area contributed by atoms with Crippen molar-refractivity contribution in [3.05, 3.63) is 66.5 Å². The van der Waals surface area contributed by atoms with E-state index in [1.807, 2.05) is 0 Å². The zero-order chi connectivity index (χ0) is 32.8. The van der Waals surface area contributed by atoms with Crippen LogP contribution in [0.4, 0.5) is 15.9 Å². The topological polar surface area (TPSA) is 172 Å². The molecule has 0 bridgehead atoms. The van der Waals surface area contributed by atoms with Crippen LogP contribution in [0.25, 0.3) is 10.9 Å². The van der Waals surface area contributed by atoms with Gasteiger partial charge in [-0.15, -0.1) is 4.59 Å². The number of nitrogens with zero attached hydrogens (tertiary/aromatic N) is 5. The summed E-state index contributed by atoms with van der Waals surface area (Å²) in [6, 6.07) is 10.5. The summed E-state index contributed by atoms with van der Waals surface area (Å²) in [7, 11) is 0. The molecule has 46 heavy (non-hydrogen) atoms. The molecule has 2 aliphatic rings. The molecule has 240 valence electrons. The number of quaternary nitrogens is 1. The molecule has 3 heterocycles. The fourth-order valence-corrected chi connectivity index (χ4v) is 5.39. The number of benzene rings is 2. The number of aliphatic hydroxyl groups excluding tert-OH is 1. The Morgan fingerprint density at radius 1 is 1.20 bits per heavy atom. The van der Waals surface area contributed by atoms with E-state index in [0.717, 1.165) is 19.4 Å². The second kappa shape index (κ2) is 14.0. The molecule has 3 N–H and O–H groups in total. The van der Waals surface area contributed by atoms with Gasteiger partial charge in [-0.25, -0.2) is 14.4 Å². The van der Waals surface area contributed by atoms with Gasteiger partial charge in [-0.1, -0.05) is 11.2 Å². The first kappa shape index (κ1) is 32.4. The van der Waals surface area contributed by atoms with Crippen molar-refractivity contribution >= 4 is 63.2 Å². The maximum atomic E-state index is 13.7. The van der Waals surface area contributed by atoms with Gasteiger partial charge in [0.05, 0.1) is 12.1 Å². The maximum absolute atomic E-state index is 13.7. The fourth-order valence-electron chi connectivity index (χ4n) is 5.18. The molecule has 0 spiro atoms. The Morgan fingerprint density at radius 2 is 2.02 bits per heavy atom. The van der Waals surface area contributed by atoms with Crippen LogP contribution >= 0.6 is 11.6 Å². The number of ether oxygens (including phenoxy) is 2. The van der Waals surface area contributed by atoms with Gasteiger partial charge < -0.3 is 30.1 Å². The SMILES string of the molecule is CC(=O)OC(C(=O)Cl)[N+]1(CC(=O)Nc2cccc(F)c2)C=C(Nc2ncnc3cc(OCC4CCN(C(=O)CO)C4)ccc23)C=N1. The van der Waals surface area contributed by atoms with Crippen molar-refractivity contribution in [2.75, 3.05) is 43.5 Å². The Labute approximate surface area is 267 Å². The molecular weight excluding hydrogens is 625 g/mol. The van der Waals surface area contributed by atoms with E-state index in [-0.39, 0.29) is 17.5 Å². The van der Waals surface area contributed by atoms with Crippen LogP contribution in [0, 0.1) is 11.7 Å². The van der Waals surface area contributed by atoms with E-state index in [0.29, 0.717) is 47.9 Å². The third kappa shape index (κ3) is 7.62. The number of aromatic nitrogens is 2. The second-order valence-electron chi connectivity index (χ2n) is 10.7. The first-order chi connectivity index (χ1) is 22.0. The van der Waals surface area contributed by atoms with Crippen molar-refractivity contribution in [2.45, 2.75) is 19.6 Å². The van der Waals surface area contributed by atoms with Gasteiger partial charge in [0.2, 0.25) is 5.91 Å². The monoisotopic (exact) mass is 654 g/mol. The number of esters is 1. The predicted molar refractivity (Wildman–Crippen MR) is 164 cm³/mol. The van der Waals surface area contributed by atoms with Gasteiger partial charge in [0.15, 0.2) is 12.7 Å². The van der Waals surface area contributed by atoms with Crippen molar-refractivity contribution in [3.63, 3.8) is 0 Å². The smallest absolute Gasteiger partial charge is 0.340 e. The van der Waals surface area contributed by atoms with Crippen LogP contribution in [0.2, 0.25) is 0 Å². The van der Waals surface area contributed by atoms with E-state index in [4.69, 9.17) is 26.2 Å². The Balaban J connectivity index is 1.34. The minimum absolute atomic E-state index is 0.132. The average molecular weight is 655 g/mol. The standard InChI is InChI=1S/C30H29ClFN7O7/c1-18(41)46-30(28(31)44)39(14-26(42)36-21-4-2-3-20(32)9-21)13-22(11-35-39)37-29-24-6-5-23(10-25(24)33-17-34-29)45-16-19-7-8-38(12-19)27(43)15-40/h2-6,9-11,13,17,19,30,40H,7-8,12,14-16H2,1H3,(H-,33,34,36,37,42)/p+1. The molecule has 5 rings (SSSR count). The number of halogens is 2. The lowest BCUT2D eigenvalue weighted by Gasteiger charge is -2.30. The van der Waals surface area contributed by atoms with E-state index >= 15 is 0 Å². The summed E-state index contributed by atoms with van der Waals surface area (Å²) in [6.07, 6.45) is 3.13. The molecule has 0 saturated carbocycles. The normalized spacial score (nSPS) is 19.4. The van der Waals surface area contributed by atoms with Crippen LogP contribution in [0.3, 0.4) is 0 Å². The Hall–Kier alpha value is -4.99. The number of amides is 2. The van der Waals surface area contributed by atoms with E-state index in [1.54, 1.807) is 23.1 Å². The molecule has 0 radical (unpaired) electrons. The van der Waals surface area contributed by atoms with Crippen LogP contribution in [0.5, 0.6) is 5.75 Å². The summed E-state index contributed by atoms with van der Waals surface area (Å²) in [5.74, 6) is -1.28. The lowest BCUT2D eigenvalue weighted by molar-refractivity contribution is -0.910. The summed E-state index contributed by atoms with van der Waals surface area (Å²) in [4.78, 5) is 59.3. The lowest BCUT2D eigenvalue weighted by atomic mass is 10.1. The summed E-state index contributed by atoms with van der Waals surface area (Å²) in [5.41, 5.74) is 1.03. The van der Waals surface area contributed by atoms with E-state index in [9.17, 15) is 23.6 Å². The minimum atomic E-state index is -1.71. The molecule has 1 fully saturated rings. The Kier molecular flexibility index (Phi) is 9.84. The average Bonchev–Trinajstić information content (AvgIpc) is 3.66. The van der Waals surface area contributed by atoms with Gasteiger partial charge in [-0.2, -0.15) is 0 Å². The molecule has 1 aromatic heterocycles. The summed E-state index contributed by atoms with van der Waals surface area (Å²) in [6.45, 7) is 1.51. The quantitative estimate of drug-likeness (QED) is 0.150. The van der Waals surface area contributed by atoms with Gasteiger partial charge in [-0.05, 0) is 48.4 Å². The summed E-state index contributed by atoms with van der Waals surface area (Å²) in [5, 5.41) is 18.6. The molecule has 3 unspecified atom stereocenters. The van der Waals surface area contributed by atoms with Gasteiger partial charge in [0.1, 0.15) is 42.2 Å². The Bertz CT molecular complexity index is 1740. The number of fused-ring (bicyclic) bond motifs is 1. The van der Waals surface area contributed by atoms with Crippen molar-refractivity contribution in [2.24, 2.45) is 11.0 Å². The number of anilines is 2. The molecule has 3 atom stereocenters. The molecular formula is C30H30ClFN7O7+. The van der Waals surface area contributed by atoms with Crippen LogP contribution in [0.1, 0.15) is 13.3 Å². The fraction of sp³-hybridized carbons (Fsp3) is 0.300. The van der Waals surface area contributed by atoms with Crippen LogP contribution in [-0.2, 0) is 23.9 Å². The van der Waals surface area contributed by atoms with Gasteiger partial charge in [0, 0.05) is 43.1 Å². The van der Waals surface area contributed by atoms with Crippen molar-refractivity contribution < 1.29 is 42.7 Å². The molecule has 3 aromatic rings.